The summed E-state index contributed by atoms with van der Waals surface area (Å²) in [7, 11) is 0. The van der Waals surface area contributed by atoms with Crippen LogP contribution in [0, 0.1) is 0 Å². The molecule has 1 aliphatic heterocycles. The molecule has 1 unspecified atom stereocenters. The Labute approximate surface area is 95.4 Å². The van der Waals surface area contributed by atoms with Crippen LogP contribution in [0.2, 0.25) is 0 Å². The van der Waals surface area contributed by atoms with Crippen LogP contribution in [0.3, 0.4) is 0 Å². The molecule has 0 aromatic rings. The lowest BCUT2D eigenvalue weighted by molar-refractivity contribution is 0.00660. The van der Waals surface area contributed by atoms with Gasteiger partial charge in [-0.05, 0) is 32.7 Å². The molecule has 0 aliphatic carbocycles. The van der Waals surface area contributed by atoms with Crippen molar-refractivity contribution in [2.24, 2.45) is 0 Å². The molecule has 0 amide bonds. The smallest absolute Gasteiger partial charge is 0.0329 e. The highest BCUT2D eigenvalue weighted by atomic mass is 15.3. The van der Waals surface area contributed by atoms with Crippen LogP contribution in [-0.2, 0) is 0 Å². The van der Waals surface area contributed by atoms with Crippen molar-refractivity contribution >= 4 is 0 Å². The number of rotatable bonds is 4. The minimum absolute atomic E-state index is 0.323. The molecule has 0 spiro atoms. The van der Waals surface area contributed by atoms with E-state index in [1.165, 1.54) is 32.4 Å². The van der Waals surface area contributed by atoms with E-state index in [9.17, 15) is 0 Å². The minimum Gasteiger partial charge on any atom is -0.308 e. The molecule has 0 aromatic heterocycles. The molecule has 1 heterocycles. The van der Waals surface area contributed by atoms with E-state index in [0.29, 0.717) is 11.1 Å². The first-order valence-electron chi connectivity index (χ1n) is 6.56. The van der Waals surface area contributed by atoms with Gasteiger partial charge >= 0.3 is 0 Å². The Hall–Kier alpha value is -0.0800. The predicted octanol–water partition coefficient (Wildman–Crippen LogP) is 2.64. The largest absolute Gasteiger partial charge is 0.308 e. The highest BCUT2D eigenvalue weighted by Gasteiger charge is 2.41. The van der Waals surface area contributed by atoms with Crippen molar-refractivity contribution in [3.05, 3.63) is 0 Å². The lowest BCUT2D eigenvalue weighted by Crippen LogP contribution is -2.68. The van der Waals surface area contributed by atoms with Crippen LogP contribution in [-0.4, -0.2) is 35.6 Å². The van der Waals surface area contributed by atoms with E-state index in [4.69, 9.17) is 0 Å². The molecule has 0 saturated carbocycles. The summed E-state index contributed by atoms with van der Waals surface area (Å²) in [6.45, 7) is 15.1. The second-order valence-electron chi connectivity index (χ2n) is 5.21. The summed E-state index contributed by atoms with van der Waals surface area (Å²) in [5.74, 6) is 0. The molecule has 1 rings (SSSR count). The van der Waals surface area contributed by atoms with Gasteiger partial charge < -0.3 is 5.32 Å². The van der Waals surface area contributed by atoms with Crippen molar-refractivity contribution in [3.63, 3.8) is 0 Å². The first-order valence-corrected chi connectivity index (χ1v) is 6.56. The van der Waals surface area contributed by atoms with E-state index < -0.39 is 0 Å². The maximum absolute atomic E-state index is 3.76. The van der Waals surface area contributed by atoms with E-state index in [2.05, 4.69) is 44.8 Å². The van der Waals surface area contributed by atoms with Gasteiger partial charge in [0.25, 0.3) is 0 Å². The first kappa shape index (κ1) is 13.0. The second kappa shape index (κ2) is 4.84. The third kappa shape index (κ3) is 2.36. The van der Waals surface area contributed by atoms with Crippen molar-refractivity contribution < 1.29 is 0 Å². The Kier molecular flexibility index (Phi) is 4.19. The average molecular weight is 212 g/mol. The van der Waals surface area contributed by atoms with Crippen LogP contribution in [0.1, 0.15) is 53.9 Å². The molecule has 1 saturated heterocycles. The molecule has 0 aromatic carbocycles. The monoisotopic (exact) mass is 212 g/mol. The highest BCUT2D eigenvalue weighted by Crippen LogP contribution is 2.30. The zero-order chi connectivity index (χ0) is 11.5. The topological polar surface area (TPSA) is 15.3 Å². The summed E-state index contributed by atoms with van der Waals surface area (Å²) in [6.07, 6.45) is 3.72. The third-order valence-electron chi connectivity index (χ3n) is 4.53. The molecule has 15 heavy (non-hydrogen) atoms. The normalized spacial score (nSPS) is 31.8. The number of hydrogen-bond donors (Lipinski definition) is 1. The summed E-state index contributed by atoms with van der Waals surface area (Å²) < 4.78 is 0. The molecule has 1 aliphatic rings. The van der Waals surface area contributed by atoms with Gasteiger partial charge in [0.05, 0.1) is 0 Å². The Morgan fingerprint density at radius 2 is 1.67 bits per heavy atom. The third-order valence-corrected chi connectivity index (χ3v) is 4.53. The zero-order valence-corrected chi connectivity index (χ0v) is 11.2. The van der Waals surface area contributed by atoms with E-state index in [-0.39, 0.29) is 0 Å². The SMILES string of the molecule is CCN1CC(C)(CC)NCC1(CC)CC. The lowest BCUT2D eigenvalue weighted by atomic mass is 9.83. The number of likely N-dealkylation sites (N-methyl/N-ethyl adjacent to an activating group) is 1. The van der Waals surface area contributed by atoms with Gasteiger partial charge in [0.15, 0.2) is 0 Å². The number of piperazine rings is 1. The number of nitrogens with one attached hydrogen (secondary N) is 1. The molecule has 1 N–H and O–H groups in total. The summed E-state index contributed by atoms with van der Waals surface area (Å²) in [5.41, 5.74) is 0.729. The fraction of sp³-hybridized carbons (Fsp3) is 1.00. The van der Waals surface area contributed by atoms with Crippen LogP contribution >= 0.6 is 0 Å². The maximum Gasteiger partial charge on any atom is 0.0329 e. The van der Waals surface area contributed by atoms with Crippen molar-refractivity contribution in [3.8, 4) is 0 Å². The molecular formula is C13H28N2. The van der Waals surface area contributed by atoms with Crippen molar-refractivity contribution in [1.82, 2.24) is 10.2 Å². The van der Waals surface area contributed by atoms with Crippen LogP contribution < -0.4 is 5.32 Å². The molecule has 90 valence electrons. The lowest BCUT2D eigenvalue weighted by Gasteiger charge is -2.53. The van der Waals surface area contributed by atoms with Gasteiger partial charge in [-0.3, -0.25) is 4.90 Å². The van der Waals surface area contributed by atoms with Crippen LogP contribution in [0.15, 0.2) is 0 Å². The van der Waals surface area contributed by atoms with E-state index in [1.54, 1.807) is 0 Å². The van der Waals surface area contributed by atoms with Gasteiger partial charge in [-0.1, -0.05) is 27.7 Å². The number of nitrogens with zero attached hydrogens (tertiary/aromatic N) is 1. The zero-order valence-electron chi connectivity index (χ0n) is 11.2. The van der Waals surface area contributed by atoms with Gasteiger partial charge in [-0.2, -0.15) is 0 Å². The molecular weight excluding hydrogens is 184 g/mol. The molecule has 2 nitrogen and oxygen atoms in total. The van der Waals surface area contributed by atoms with Crippen molar-refractivity contribution in [1.29, 1.82) is 0 Å². The summed E-state index contributed by atoms with van der Waals surface area (Å²) in [4.78, 5) is 2.69. The molecule has 0 radical (unpaired) electrons. The van der Waals surface area contributed by atoms with Crippen LogP contribution in [0.4, 0.5) is 0 Å². The van der Waals surface area contributed by atoms with Gasteiger partial charge in [-0.15, -0.1) is 0 Å². The Morgan fingerprint density at radius 1 is 1.07 bits per heavy atom. The fourth-order valence-corrected chi connectivity index (χ4v) is 2.77. The van der Waals surface area contributed by atoms with Crippen LogP contribution in [0.5, 0.6) is 0 Å². The molecule has 1 fully saturated rings. The van der Waals surface area contributed by atoms with Gasteiger partial charge in [0.1, 0.15) is 0 Å². The summed E-state index contributed by atoms with van der Waals surface area (Å²) in [6, 6.07) is 0. The second-order valence-corrected chi connectivity index (χ2v) is 5.21. The van der Waals surface area contributed by atoms with Gasteiger partial charge in [0, 0.05) is 24.2 Å². The first-order chi connectivity index (χ1) is 7.05. The summed E-state index contributed by atoms with van der Waals surface area (Å²) >= 11 is 0. The maximum atomic E-state index is 3.76. The minimum atomic E-state index is 0.323. The standard InChI is InChI=1S/C13H28N2/c1-6-12(5)11-15(9-4)13(7-2,8-3)10-14-12/h14H,6-11H2,1-5H3. The highest BCUT2D eigenvalue weighted by molar-refractivity contribution is 5.01. The summed E-state index contributed by atoms with van der Waals surface area (Å²) in [5, 5.41) is 3.76. The Morgan fingerprint density at radius 3 is 2.07 bits per heavy atom. The Balaban J connectivity index is 2.80. The quantitative estimate of drug-likeness (QED) is 0.770. The molecule has 1 atom stereocenters. The van der Waals surface area contributed by atoms with Gasteiger partial charge in [0.2, 0.25) is 0 Å². The van der Waals surface area contributed by atoms with E-state index >= 15 is 0 Å². The van der Waals surface area contributed by atoms with E-state index in [1.807, 2.05) is 0 Å². The fourth-order valence-electron chi connectivity index (χ4n) is 2.77. The van der Waals surface area contributed by atoms with E-state index in [0.717, 1.165) is 6.54 Å². The average Bonchev–Trinajstić information content (AvgIpc) is 2.29. The van der Waals surface area contributed by atoms with Crippen LogP contribution in [0.25, 0.3) is 0 Å². The molecule has 2 heteroatoms. The molecule has 0 bridgehead atoms. The number of hydrogen-bond acceptors (Lipinski definition) is 2. The van der Waals surface area contributed by atoms with Crippen molar-refractivity contribution in [2.75, 3.05) is 19.6 Å². The predicted molar refractivity (Wildman–Crippen MR) is 67.3 cm³/mol. The Bertz CT molecular complexity index is 199. The van der Waals surface area contributed by atoms with Gasteiger partial charge in [-0.25, -0.2) is 0 Å². The van der Waals surface area contributed by atoms with Crippen molar-refractivity contribution in [2.45, 2.75) is 65.0 Å².